The molecule has 2 rings (SSSR count). The van der Waals surface area contributed by atoms with Gasteiger partial charge in [0, 0.05) is 6.07 Å². The molecule has 0 aromatic heterocycles. The Hall–Kier alpha value is -2.94. The number of rotatable bonds is 8. The number of methoxy groups -OCH3 is 3. The first-order valence-electron chi connectivity index (χ1n) is 8.35. The second-order valence-electron chi connectivity index (χ2n) is 5.99. The van der Waals surface area contributed by atoms with Crippen molar-refractivity contribution in [3.63, 3.8) is 0 Å². The Kier molecular flexibility index (Phi) is 6.74. The van der Waals surface area contributed by atoms with E-state index in [9.17, 15) is 13.2 Å². The summed E-state index contributed by atoms with van der Waals surface area (Å²) in [6, 6.07) is 8.56. The lowest BCUT2D eigenvalue weighted by Crippen LogP contribution is -2.15. The number of hydrogen-bond acceptors (Lipinski definition) is 7. The van der Waals surface area contributed by atoms with Gasteiger partial charge in [-0.3, -0.25) is 4.72 Å². The van der Waals surface area contributed by atoms with Crippen LogP contribution in [0.5, 0.6) is 17.2 Å². The van der Waals surface area contributed by atoms with Gasteiger partial charge >= 0.3 is 5.97 Å². The van der Waals surface area contributed by atoms with E-state index < -0.39 is 16.0 Å². The molecule has 0 saturated carbocycles. The maximum atomic E-state index is 12.8. The van der Waals surface area contributed by atoms with Gasteiger partial charge in [-0.2, -0.15) is 0 Å². The summed E-state index contributed by atoms with van der Waals surface area (Å²) in [5, 5.41) is 0. The number of anilines is 1. The highest BCUT2D eigenvalue weighted by atomic mass is 32.2. The summed E-state index contributed by atoms with van der Waals surface area (Å²) < 4.78 is 48.7. The lowest BCUT2D eigenvalue weighted by atomic mass is 10.2. The molecule has 0 bridgehead atoms. The van der Waals surface area contributed by atoms with Crippen LogP contribution in [0.1, 0.15) is 24.2 Å². The minimum absolute atomic E-state index is 0.0395. The maximum Gasteiger partial charge on any atom is 0.338 e. The zero-order chi connectivity index (χ0) is 20.9. The second kappa shape index (κ2) is 8.83. The van der Waals surface area contributed by atoms with Crippen molar-refractivity contribution in [3.05, 3.63) is 42.0 Å². The first-order chi connectivity index (χ1) is 13.2. The molecular formula is C19H23NO7S. The third-order valence-corrected chi connectivity index (χ3v) is 5.05. The molecule has 0 radical (unpaired) electrons. The van der Waals surface area contributed by atoms with Gasteiger partial charge < -0.3 is 18.9 Å². The maximum absolute atomic E-state index is 12.8. The fraction of sp³-hybridized carbons (Fsp3) is 0.316. The van der Waals surface area contributed by atoms with Gasteiger partial charge in [0.05, 0.1) is 43.6 Å². The molecule has 152 valence electrons. The number of benzene rings is 2. The van der Waals surface area contributed by atoms with Crippen molar-refractivity contribution >= 4 is 21.7 Å². The Bertz CT molecular complexity index is 955. The Labute approximate surface area is 164 Å². The molecule has 0 unspecified atom stereocenters. The topological polar surface area (TPSA) is 100 Å². The molecule has 1 N–H and O–H groups in total. The van der Waals surface area contributed by atoms with Crippen LogP contribution in [0.4, 0.5) is 5.69 Å². The highest BCUT2D eigenvalue weighted by molar-refractivity contribution is 7.92. The van der Waals surface area contributed by atoms with Crippen LogP contribution in [0.2, 0.25) is 0 Å². The Morgan fingerprint density at radius 2 is 1.50 bits per heavy atom. The van der Waals surface area contributed by atoms with Gasteiger partial charge in [-0.1, -0.05) is 0 Å². The van der Waals surface area contributed by atoms with E-state index in [0.717, 1.165) is 0 Å². The monoisotopic (exact) mass is 409 g/mol. The van der Waals surface area contributed by atoms with Gasteiger partial charge in [-0.25, -0.2) is 13.2 Å². The molecule has 0 aliphatic rings. The molecule has 28 heavy (non-hydrogen) atoms. The average molecular weight is 409 g/mol. The van der Waals surface area contributed by atoms with Gasteiger partial charge in [0.1, 0.15) is 5.75 Å². The largest absolute Gasteiger partial charge is 0.495 e. The summed E-state index contributed by atoms with van der Waals surface area (Å²) in [6.07, 6.45) is -0.304. The molecule has 2 aromatic carbocycles. The molecule has 8 nitrogen and oxygen atoms in total. The van der Waals surface area contributed by atoms with Crippen LogP contribution in [0, 0.1) is 0 Å². The standard InChI is InChI=1S/C19H23NO7S/c1-12(2)27-19(21)13-6-8-16(24-3)15(10-13)20-28(22,23)14-7-9-17(25-4)18(11-14)26-5/h6-12,20H,1-5H3. The van der Waals surface area contributed by atoms with Gasteiger partial charge in [0.25, 0.3) is 10.0 Å². The fourth-order valence-corrected chi connectivity index (χ4v) is 3.46. The predicted molar refractivity (Wildman–Crippen MR) is 104 cm³/mol. The summed E-state index contributed by atoms with van der Waals surface area (Å²) in [5.74, 6) is 0.360. The van der Waals surface area contributed by atoms with Crippen molar-refractivity contribution in [1.82, 2.24) is 0 Å². The smallest absolute Gasteiger partial charge is 0.338 e. The first-order valence-corrected chi connectivity index (χ1v) is 9.84. The van der Waals surface area contributed by atoms with Gasteiger partial charge in [-0.05, 0) is 44.2 Å². The number of esters is 1. The summed E-state index contributed by atoms with van der Waals surface area (Å²) in [6.45, 7) is 3.45. The lowest BCUT2D eigenvalue weighted by Gasteiger charge is -2.15. The third-order valence-electron chi connectivity index (χ3n) is 3.69. The zero-order valence-corrected chi connectivity index (χ0v) is 17.1. The SMILES string of the molecule is COc1ccc(C(=O)OC(C)C)cc1NS(=O)(=O)c1ccc(OC)c(OC)c1. The molecule has 0 amide bonds. The van der Waals surface area contributed by atoms with Crippen molar-refractivity contribution in [3.8, 4) is 17.2 Å². The number of sulfonamides is 1. The Balaban J connectivity index is 2.41. The van der Waals surface area contributed by atoms with E-state index in [-0.39, 0.29) is 33.7 Å². The van der Waals surface area contributed by atoms with Gasteiger partial charge in [0.15, 0.2) is 11.5 Å². The molecule has 0 aliphatic heterocycles. The van der Waals surface area contributed by atoms with Crippen molar-refractivity contribution in [2.24, 2.45) is 0 Å². The van der Waals surface area contributed by atoms with E-state index in [4.69, 9.17) is 18.9 Å². The van der Waals surface area contributed by atoms with Crippen molar-refractivity contribution in [1.29, 1.82) is 0 Å². The zero-order valence-electron chi connectivity index (χ0n) is 16.3. The molecular weight excluding hydrogens is 386 g/mol. The van der Waals surface area contributed by atoms with E-state index in [2.05, 4.69) is 4.72 Å². The summed E-state index contributed by atoms with van der Waals surface area (Å²) in [5.41, 5.74) is 0.301. The molecule has 0 fully saturated rings. The van der Waals surface area contributed by atoms with Crippen molar-refractivity contribution in [2.45, 2.75) is 24.8 Å². The van der Waals surface area contributed by atoms with E-state index in [0.29, 0.717) is 5.75 Å². The van der Waals surface area contributed by atoms with Crippen LogP contribution < -0.4 is 18.9 Å². The molecule has 0 atom stereocenters. The van der Waals surface area contributed by atoms with Crippen LogP contribution in [-0.4, -0.2) is 41.8 Å². The quantitative estimate of drug-likeness (QED) is 0.669. The average Bonchev–Trinajstić information content (AvgIpc) is 2.66. The minimum Gasteiger partial charge on any atom is -0.495 e. The lowest BCUT2D eigenvalue weighted by molar-refractivity contribution is 0.0378. The van der Waals surface area contributed by atoms with Crippen molar-refractivity contribution in [2.75, 3.05) is 26.1 Å². The van der Waals surface area contributed by atoms with Gasteiger partial charge in [-0.15, -0.1) is 0 Å². The van der Waals surface area contributed by atoms with E-state index in [1.807, 2.05) is 0 Å². The number of nitrogens with one attached hydrogen (secondary N) is 1. The third kappa shape index (κ3) is 4.86. The van der Waals surface area contributed by atoms with Crippen LogP contribution in [0.25, 0.3) is 0 Å². The Morgan fingerprint density at radius 3 is 2.07 bits per heavy atom. The minimum atomic E-state index is -3.99. The highest BCUT2D eigenvalue weighted by Gasteiger charge is 2.21. The van der Waals surface area contributed by atoms with E-state index in [1.54, 1.807) is 13.8 Å². The number of carbonyl (C=O) groups is 1. The highest BCUT2D eigenvalue weighted by Crippen LogP contribution is 2.32. The number of ether oxygens (including phenoxy) is 4. The molecule has 0 aliphatic carbocycles. The van der Waals surface area contributed by atoms with E-state index >= 15 is 0 Å². The van der Waals surface area contributed by atoms with Crippen LogP contribution >= 0.6 is 0 Å². The molecule has 0 saturated heterocycles. The molecule has 0 spiro atoms. The first kappa shape index (κ1) is 21.4. The number of carbonyl (C=O) groups excluding carboxylic acids is 1. The van der Waals surface area contributed by atoms with E-state index in [1.165, 1.54) is 57.7 Å². The Morgan fingerprint density at radius 1 is 0.893 bits per heavy atom. The summed E-state index contributed by atoms with van der Waals surface area (Å²) in [7, 11) is 0.278. The fourth-order valence-electron chi connectivity index (χ4n) is 2.38. The van der Waals surface area contributed by atoms with Crippen LogP contribution in [-0.2, 0) is 14.8 Å². The van der Waals surface area contributed by atoms with Crippen LogP contribution in [0.3, 0.4) is 0 Å². The normalized spacial score (nSPS) is 11.1. The predicted octanol–water partition coefficient (Wildman–Crippen LogP) is 3.08. The van der Waals surface area contributed by atoms with Gasteiger partial charge in [0.2, 0.25) is 0 Å². The van der Waals surface area contributed by atoms with Crippen molar-refractivity contribution < 1.29 is 32.2 Å². The van der Waals surface area contributed by atoms with Crippen LogP contribution in [0.15, 0.2) is 41.3 Å². The summed E-state index contributed by atoms with van der Waals surface area (Å²) in [4.78, 5) is 12.1. The molecule has 9 heteroatoms. The second-order valence-corrected chi connectivity index (χ2v) is 7.67. The molecule has 0 heterocycles. The number of hydrogen-bond donors (Lipinski definition) is 1. The molecule has 2 aromatic rings. The summed E-state index contributed by atoms with van der Waals surface area (Å²) >= 11 is 0.